The summed E-state index contributed by atoms with van der Waals surface area (Å²) in [4.78, 5) is 11.2. The van der Waals surface area contributed by atoms with E-state index in [4.69, 9.17) is 4.74 Å². The summed E-state index contributed by atoms with van der Waals surface area (Å²) >= 11 is 3.03. The molecular formula is C15H12BrFO5S. The SMILES string of the molecule is COC(=O)c1c(F)cc(Br)cc1S(=O)(=O)c1ccccc1OC. The molecular weight excluding hydrogens is 391 g/mol. The van der Waals surface area contributed by atoms with Gasteiger partial charge in [0.2, 0.25) is 9.84 Å². The van der Waals surface area contributed by atoms with Crippen LogP contribution in [0.4, 0.5) is 4.39 Å². The maximum atomic E-state index is 14.2. The minimum Gasteiger partial charge on any atom is -0.495 e. The highest BCUT2D eigenvalue weighted by atomic mass is 79.9. The highest BCUT2D eigenvalue weighted by Crippen LogP contribution is 2.33. The molecule has 0 atom stereocenters. The van der Waals surface area contributed by atoms with Crippen molar-refractivity contribution in [3.05, 3.63) is 52.3 Å². The fourth-order valence-corrected chi connectivity index (χ4v) is 4.25. The lowest BCUT2D eigenvalue weighted by atomic mass is 10.2. The van der Waals surface area contributed by atoms with Crippen molar-refractivity contribution >= 4 is 31.7 Å². The molecule has 0 heterocycles. The Morgan fingerprint density at radius 3 is 2.39 bits per heavy atom. The zero-order valence-corrected chi connectivity index (χ0v) is 14.6. The van der Waals surface area contributed by atoms with E-state index in [0.717, 1.165) is 19.2 Å². The predicted octanol–water partition coefficient (Wildman–Crippen LogP) is 3.22. The Morgan fingerprint density at radius 1 is 1.13 bits per heavy atom. The maximum Gasteiger partial charge on any atom is 0.342 e. The number of sulfone groups is 1. The van der Waals surface area contributed by atoms with E-state index in [0.29, 0.717) is 0 Å². The monoisotopic (exact) mass is 402 g/mol. The summed E-state index contributed by atoms with van der Waals surface area (Å²) < 4.78 is 49.6. The van der Waals surface area contributed by atoms with E-state index in [9.17, 15) is 17.6 Å². The van der Waals surface area contributed by atoms with Crippen molar-refractivity contribution in [2.75, 3.05) is 14.2 Å². The molecule has 0 saturated carbocycles. The average molecular weight is 403 g/mol. The Bertz CT molecular complexity index is 864. The molecule has 0 aromatic heterocycles. The second-order valence-corrected chi connectivity index (χ2v) is 7.21. The van der Waals surface area contributed by atoms with Gasteiger partial charge in [-0.05, 0) is 24.3 Å². The molecule has 0 radical (unpaired) electrons. The first-order valence-corrected chi connectivity index (χ1v) is 8.56. The normalized spacial score (nSPS) is 11.1. The second kappa shape index (κ2) is 6.67. The lowest BCUT2D eigenvalue weighted by molar-refractivity contribution is 0.0590. The molecule has 0 saturated heterocycles. The van der Waals surface area contributed by atoms with E-state index in [-0.39, 0.29) is 15.1 Å². The number of methoxy groups -OCH3 is 2. The van der Waals surface area contributed by atoms with Gasteiger partial charge >= 0.3 is 5.97 Å². The van der Waals surface area contributed by atoms with Gasteiger partial charge in [-0.3, -0.25) is 0 Å². The third kappa shape index (κ3) is 3.23. The van der Waals surface area contributed by atoms with E-state index in [1.165, 1.54) is 25.3 Å². The Kier molecular flexibility index (Phi) is 5.06. The summed E-state index contributed by atoms with van der Waals surface area (Å²) in [7, 11) is -1.85. The quantitative estimate of drug-likeness (QED) is 0.734. The number of halogens is 2. The van der Waals surface area contributed by atoms with E-state index in [1.54, 1.807) is 6.07 Å². The first-order chi connectivity index (χ1) is 10.8. The van der Waals surface area contributed by atoms with Crippen LogP contribution in [0.2, 0.25) is 0 Å². The molecule has 0 aliphatic rings. The molecule has 0 spiro atoms. The van der Waals surface area contributed by atoms with Crippen LogP contribution in [-0.4, -0.2) is 28.6 Å². The molecule has 2 aromatic rings. The number of ether oxygens (including phenoxy) is 2. The lowest BCUT2D eigenvalue weighted by Crippen LogP contribution is -2.14. The van der Waals surface area contributed by atoms with Gasteiger partial charge in [-0.15, -0.1) is 0 Å². The lowest BCUT2D eigenvalue weighted by Gasteiger charge is -2.13. The topological polar surface area (TPSA) is 69.7 Å². The van der Waals surface area contributed by atoms with Crippen molar-refractivity contribution in [2.24, 2.45) is 0 Å². The van der Waals surface area contributed by atoms with Crippen LogP contribution >= 0.6 is 15.9 Å². The molecule has 5 nitrogen and oxygen atoms in total. The van der Waals surface area contributed by atoms with Crippen LogP contribution in [-0.2, 0) is 14.6 Å². The molecule has 0 fully saturated rings. The number of benzene rings is 2. The number of carbonyl (C=O) groups excluding carboxylic acids is 1. The minimum absolute atomic E-state index is 0.0868. The van der Waals surface area contributed by atoms with E-state index in [1.807, 2.05) is 0 Å². The van der Waals surface area contributed by atoms with Crippen molar-refractivity contribution in [1.82, 2.24) is 0 Å². The number of hydrogen-bond acceptors (Lipinski definition) is 5. The molecule has 8 heteroatoms. The molecule has 0 unspecified atom stereocenters. The zero-order chi connectivity index (χ0) is 17.2. The zero-order valence-electron chi connectivity index (χ0n) is 12.2. The van der Waals surface area contributed by atoms with Gasteiger partial charge in [0.25, 0.3) is 0 Å². The number of hydrogen-bond donors (Lipinski definition) is 0. The third-order valence-electron chi connectivity index (χ3n) is 3.06. The van der Waals surface area contributed by atoms with E-state index >= 15 is 0 Å². The van der Waals surface area contributed by atoms with Crippen LogP contribution in [0.3, 0.4) is 0 Å². The summed E-state index contributed by atoms with van der Waals surface area (Å²) in [5.74, 6) is -1.99. The predicted molar refractivity (Wildman–Crippen MR) is 83.9 cm³/mol. The number of rotatable bonds is 4. The average Bonchev–Trinajstić information content (AvgIpc) is 2.53. The van der Waals surface area contributed by atoms with Crippen LogP contribution in [0, 0.1) is 5.82 Å². The molecule has 2 rings (SSSR count). The Hall–Kier alpha value is -1.93. The van der Waals surface area contributed by atoms with Crippen LogP contribution in [0.1, 0.15) is 10.4 Å². The number of carbonyl (C=O) groups is 1. The van der Waals surface area contributed by atoms with E-state index in [2.05, 4.69) is 20.7 Å². The first-order valence-electron chi connectivity index (χ1n) is 6.28. The fraction of sp³-hybridized carbons (Fsp3) is 0.133. The minimum atomic E-state index is -4.21. The van der Waals surface area contributed by atoms with Gasteiger partial charge < -0.3 is 9.47 Å². The van der Waals surface area contributed by atoms with Crippen molar-refractivity contribution in [1.29, 1.82) is 0 Å². The Labute approximate surface area is 141 Å². The van der Waals surface area contributed by atoms with Crippen molar-refractivity contribution in [3.8, 4) is 5.75 Å². The van der Waals surface area contributed by atoms with Crippen molar-refractivity contribution in [2.45, 2.75) is 9.79 Å². The molecule has 2 aromatic carbocycles. The summed E-state index contributed by atoms with van der Waals surface area (Å²) in [6.45, 7) is 0. The molecule has 0 amide bonds. The van der Waals surface area contributed by atoms with Gasteiger partial charge in [0.05, 0.1) is 19.1 Å². The van der Waals surface area contributed by atoms with Gasteiger partial charge in [-0.1, -0.05) is 28.1 Å². The largest absolute Gasteiger partial charge is 0.495 e. The molecule has 122 valence electrons. The van der Waals surface area contributed by atoms with Gasteiger partial charge in [0.1, 0.15) is 22.0 Å². The molecule has 0 N–H and O–H groups in total. The summed E-state index contributed by atoms with van der Waals surface area (Å²) in [6, 6.07) is 8.01. The summed E-state index contributed by atoms with van der Waals surface area (Å²) in [5.41, 5.74) is -0.651. The van der Waals surface area contributed by atoms with Crippen LogP contribution in [0.25, 0.3) is 0 Å². The third-order valence-corrected chi connectivity index (χ3v) is 5.33. The van der Waals surface area contributed by atoms with Gasteiger partial charge in [-0.2, -0.15) is 0 Å². The van der Waals surface area contributed by atoms with Gasteiger partial charge in [-0.25, -0.2) is 17.6 Å². The standard InChI is InChI=1S/C15H12BrFO5S/c1-21-11-5-3-4-6-12(11)23(19,20)13-8-9(16)7-10(17)14(13)15(18)22-2/h3-8H,1-2H3. The molecule has 23 heavy (non-hydrogen) atoms. The molecule has 0 aliphatic carbocycles. The van der Waals surface area contributed by atoms with Crippen LogP contribution in [0.5, 0.6) is 5.75 Å². The first kappa shape index (κ1) is 17.4. The number of esters is 1. The Morgan fingerprint density at radius 2 is 1.78 bits per heavy atom. The highest BCUT2D eigenvalue weighted by Gasteiger charge is 2.30. The molecule has 0 bridgehead atoms. The molecule has 0 aliphatic heterocycles. The number of para-hydroxylation sites is 1. The van der Waals surface area contributed by atoms with Gasteiger partial charge in [0, 0.05) is 4.47 Å². The highest BCUT2D eigenvalue weighted by molar-refractivity contribution is 9.10. The van der Waals surface area contributed by atoms with Crippen molar-refractivity contribution in [3.63, 3.8) is 0 Å². The van der Waals surface area contributed by atoms with Gasteiger partial charge in [0.15, 0.2) is 0 Å². The van der Waals surface area contributed by atoms with E-state index < -0.39 is 32.1 Å². The van der Waals surface area contributed by atoms with Crippen molar-refractivity contribution < 1.29 is 27.1 Å². The summed E-state index contributed by atoms with van der Waals surface area (Å²) in [5, 5.41) is 0. The smallest absolute Gasteiger partial charge is 0.342 e. The van der Waals surface area contributed by atoms with Crippen LogP contribution in [0.15, 0.2) is 50.7 Å². The second-order valence-electron chi connectivity index (χ2n) is 4.41. The fourth-order valence-electron chi connectivity index (χ4n) is 2.02. The Balaban J connectivity index is 2.81. The van der Waals surface area contributed by atoms with Crippen LogP contribution < -0.4 is 4.74 Å². The summed E-state index contributed by atoms with van der Waals surface area (Å²) in [6.07, 6.45) is 0. The maximum absolute atomic E-state index is 14.2.